The normalized spacial score (nSPS) is 12.1. The third-order valence-electron chi connectivity index (χ3n) is 3.62. The lowest BCUT2D eigenvalue weighted by Crippen LogP contribution is -2.45. The number of rotatable bonds is 11. The number of hydrogen-bond donors (Lipinski definition) is 2. The molecular weight excluding hydrogens is 288 g/mol. The molecule has 0 rings (SSSR count). The molecule has 0 aromatic heterocycles. The Morgan fingerprint density at radius 1 is 0.913 bits per heavy atom. The average Bonchev–Trinajstić information content (AvgIpc) is 2.49. The van der Waals surface area contributed by atoms with Crippen molar-refractivity contribution in [2.45, 2.75) is 93.0 Å². The van der Waals surface area contributed by atoms with Crippen LogP contribution >= 0.6 is 0 Å². The van der Waals surface area contributed by atoms with Crippen LogP contribution in [-0.2, 0) is 9.59 Å². The first-order chi connectivity index (χ1) is 10.8. The first-order valence-electron chi connectivity index (χ1n) is 9.29. The number of carbonyl (C=O) groups excluding carboxylic acids is 2. The Balaban J connectivity index is 0. The van der Waals surface area contributed by atoms with Gasteiger partial charge in [0.25, 0.3) is 0 Å². The van der Waals surface area contributed by atoms with E-state index in [2.05, 4.69) is 31.4 Å². The molecule has 0 heterocycles. The van der Waals surface area contributed by atoms with Crippen molar-refractivity contribution in [2.75, 3.05) is 13.1 Å². The minimum Gasteiger partial charge on any atom is -0.356 e. The SMILES string of the molecule is CC.CCC(=O)NCCCCCCCNC(C(C)=O)C(C)(C)C. The zero-order valence-electron chi connectivity index (χ0n) is 16.6. The Labute approximate surface area is 144 Å². The number of hydrogen-bond acceptors (Lipinski definition) is 3. The summed E-state index contributed by atoms with van der Waals surface area (Å²) in [7, 11) is 0. The molecule has 0 aromatic carbocycles. The minimum atomic E-state index is -0.0539. The Morgan fingerprint density at radius 3 is 1.83 bits per heavy atom. The van der Waals surface area contributed by atoms with Crippen molar-refractivity contribution in [3.05, 3.63) is 0 Å². The smallest absolute Gasteiger partial charge is 0.219 e. The van der Waals surface area contributed by atoms with E-state index in [1.54, 1.807) is 6.92 Å². The second-order valence-electron chi connectivity index (χ2n) is 6.84. The molecule has 0 aliphatic heterocycles. The summed E-state index contributed by atoms with van der Waals surface area (Å²) in [6, 6.07) is -0.0539. The van der Waals surface area contributed by atoms with Gasteiger partial charge in [0.2, 0.25) is 5.91 Å². The highest BCUT2D eigenvalue weighted by atomic mass is 16.1. The molecule has 0 aromatic rings. The van der Waals surface area contributed by atoms with Crippen molar-refractivity contribution < 1.29 is 9.59 Å². The molecule has 0 fully saturated rings. The number of amides is 1. The fourth-order valence-corrected chi connectivity index (χ4v) is 2.44. The molecule has 0 saturated carbocycles. The van der Waals surface area contributed by atoms with Gasteiger partial charge < -0.3 is 10.6 Å². The molecule has 1 amide bonds. The molecule has 0 aliphatic rings. The lowest BCUT2D eigenvalue weighted by atomic mass is 9.84. The topological polar surface area (TPSA) is 58.2 Å². The number of Topliss-reactive ketones (excluding diaryl/α,β-unsaturated/α-hetero) is 1. The molecule has 138 valence electrons. The van der Waals surface area contributed by atoms with Gasteiger partial charge in [0.05, 0.1) is 6.04 Å². The van der Waals surface area contributed by atoms with E-state index in [9.17, 15) is 9.59 Å². The fraction of sp³-hybridized carbons (Fsp3) is 0.895. The Bertz CT molecular complexity index is 309. The maximum absolute atomic E-state index is 11.6. The van der Waals surface area contributed by atoms with Gasteiger partial charge in [-0.25, -0.2) is 0 Å². The van der Waals surface area contributed by atoms with E-state index in [1.165, 1.54) is 12.8 Å². The zero-order valence-corrected chi connectivity index (χ0v) is 16.6. The number of nitrogens with one attached hydrogen (secondary N) is 2. The third kappa shape index (κ3) is 14.4. The van der Waals surface area contributed by atoms with Crippen molar-refractivity contribution in [1.29, 1.82) is 0 Å². The lowest BCUT2D eigenvalue weighted by molar-refractivity contribution is -0.121. The van der Waals surface area contributed by atoms with E-state index in [1.807, 2.05) is 20.8 Å². The van der Waals surface area contributed by atoms with Gasteiger partial charge in [0, 0.05) is 13.0 Å². The van der Waals surface area contributed by atoms with Crippen LogP contribution in [0.5, 0.6) is 0 Å². The number of ketones is 1. The summed E-state index contributed by atoms with van der Waals surface area (Å²) < 4.78 is 0. The largest absolute Gasteiger partial charge is 0.356 e. The van der Waals surface area contributed by atoms with E-state index in [4.69, 9.17) is 0 Å². The molecule has 0 bridgehead atoms. The van der Waals surface area contributed by atoms with Crippen LogP contribution in [0, 0.1) is 5.41 Å². The van der Waals surface area contributed by atoms with Crippen LogP contribution in [0.3, 0.4) is 0 Å². The molecular formula is C19H40N2O2. The molecule has 0 radical (unpaired) electrons. The minimum absolute atomic E-state index is 0.0245. The highest BCUT2D eigenvalue weighted by molar-refractivity contribution is 5.82. The number of carbonyl (C=O) groups is 2. The van der Waals surface area contributed by atoms with Crippen molar-refractivity contribution in [1.82, 2.24) is 10.6 Å². The van der Waals surface area contributed by atoms with Crippen molar-refractivity contribution in [2.24, 2.45) is 5.41 Å². The molecule has 0 spiro atoms. The molecule has 2 N–H and O–H groups in total. The van der Waals surface area contributed by atoms with Gasteiger partial charge in [-0.15, -0.1) is 0 Å². The van der Waals surface area contributed by atoms with Gasteiger partial charge in [-0.1, -0.05) is 60.8 Å². The lowest BCUT2D eigenvalue weighted by Gasteiger charge is -2.29. The molecule has 1 atom stereocenters. The summed E-state index contributed by atoms with van der Waals surface area (Å²) in [5, 5.41) is 6.27. The monoisotopic (exact) mass is 328 g/mol. The highest BCUT2D eigenvalue weighted by Gasteiger charge is 2.27. The Hall–Kier alpha value is -0.900. The van der Waals surface area contributed by atoms with E-state index in [0.717, 1.165) is 32.4 Å². The van der Waals surface area contributed by atoms with Gasteiger partial charge in [0.15, 0.2) is 0 Å². The maximum atomic E-state index is 11.6. The van der Waals surface area contributed by atoms with Crippen LogP contribution in [0.2, 0.25) is 0 Å². The molecule has 4 nitrogen and oxygen atoms in total. The van der Waals surface area contributed by atoms with Gasteiger partial charge in [-0.3, -0.25) is 9.59 Å². The van der Waals surface area contributed by atoms with E-state index in [-0.39, 0.29) is 23.1 Å². The van der Waals surface area contributed by atoms with Crippen molar-refractivity contribution >= 4 is 11.7 Å². The molecule has 1 unspecified atom stereocenters. The van der Waals surface area contributed by atoms with E-state index in [0.29, 0.717) is 6.42 Å². The quantitative estimate of drug-likeness (QED) is 0.562. The summed E-state index contributed by atoms with van der Waals surface area (Å²) in [5.41, 5.74) is -0.0245. The van der Waals surface area contributed by atoms with Crippen LogP contribution in [-0.4, -0.2) is 30.8 Å². The predicted octanol–water partition coefficient (Wildman–Crippen LogP) is 4.08. The Kier molecular flexibility index (Phi) is 15.5. The molecule has 23 heavy (non-hydrogen) atoms. The Morgan fingerprint density at radius 2 is 1.39 bits per heavy atom. The first kappa shape index (κ1) is 24.4. The van der Waals surface area contributed by atoms with Gasteiger partial charge in [-0.2, -0.15) is 0 Å². The average molecular weight is 329 g/mol. The summed E-state index contributed by atoms with van der Waals surface area (Å²) in [6.07, 6.45) is 6.22. The van der Waals surface area contributed by atoms with Crippen LogP contribution < -0.4 is 10.6 Å². The van der Waals surface area contributed by atoms with E-state index < -0.39 is 0 Å². The van der Waals surface area contributed by atoms with Crippen LogP contribution in [0.4, 0.5) is 0 Å². The summed E-state index contributed by atoms with van der Waals surface area (Å²) in [4.78, 5) is 22.7. The summed E-state index contributed by atoms with van der Waals surface area (Å²) >= 11 is 0. The third-order valence-corrected chi connectivity index (χ3v) is 3.62. The van der Waals surface area contributed by atoms with Crippen molar-refractivity contribution in [3.8, 4) is 0 Å². The predicted molar refractivity (Wildman–Crippen MR) is 99.7 cm³/mol. The molecule has 4 heteroatoms. The standard InChI is InChI=1S/C17H34N2O2.C2H6/c1-6-15(21)18-12-10-8-7-9-11-13-19-16(14(2)20)17(3,4)5;1-2/h16,19H,6-13H2,1-5H3,(H,18,21);1-2H3. The summed E-state index contributed by atoms with van der Waals surface area (Å²) in [5.74, 6) is 0.353. The zero-order chi connectivity index (χ0) is 18.3. The summed E-state index contributed by atoms with van der Waals surface area (Å²) in [6.45, 7) is 15.5. The van der Waals surface area contributed by atoms with Crippen LogP contribution in [0.15, 0.2) is 0 Å². The van der Waals surface area contributed by atoms with E-state index >= 15 is 0 Å². The fourth-order valence-electron chi connectivity index (χ4n) is 2.44. The first-order valence-corrected chi connectivity index (χ1v) is 9.29. The van der Waals surface area contributed by atoms with Gasteiger partial charge in [0.1, 0.15) is 5.78 Å². The highest BCUT2D eigenvalue weighted by Crippen LogP contribution is 2.19. The van der Waals surface area contributed by atoms with Crippen LogP contribution in [0.25, 0.3) is 0 Å². The van der Waals surface area contributed by atoms with Crippen molar-refractivity contribution in [3.63, 3.8) is 0 Å². The van der Waals surface area contributed by atoms with Gasteiger partial charge >= 0.3 is 0 Å². The van der Waals surface area contributed by atoms with Gasteiger partial charge in [-0.05, 0) is 31.7 Å². The second-order valence-corrected chi connectivity index (χ2v) is 6.84. The second kappa shape index (κ2) is 14.7. The molecule has 0 saturated heterocycles. The van der Waals surface area contributed by atoms with Crippen LogP contribution in [0.1, 0.15) is 87.0 Å². The number of unbranched alkanes of at least 4 members (excludes halogenated alkanes) is 4. The molecule has 0 aliphatic carbocycles. The maximum Gasteiger partial charge on any atom is 0.219 e.